The predicted octanol–water partition coefficient (Wildman–Crippen LogP) is 3.13. The topological polar surface area (TPSA) is 63.6 Å². The van der Waals surface area contributed by atoms with E-state index in [1.165, 1.54) is 6.07 Å². The van der Waals surface area contributed by atoms with Gasteiger partial charge < -0.3 is 9.84 Å². The molecule has 0 amide bonds. The van der Waals surface area contributed by atoms with Gasteiger partial charge in [-0.2, -0.15) is 0 Å². The van der Waals surface area contributed by atoms with E-state index in [-0.39, 0.29) is 18.6 Å². The van der Waals surface area contributed by atoms with Crippen molar-refractivity contribution in [2.24, 2.45) is 0 Å². The number of hydrogen-bond acceptors (Lipinski definition) is 3. The van der Waals surface area contributed by atoms with Crippen LogP contribution in [0.4, 0.5) is 8.78 Å². The summed E-state index contributed by atoms with van der Waals surface area (Å²) in [5.74, 6) is -2.54. The smallest absolute Gasteiger partial charge is 0.310 e. The van der Waals surface area contributed by atoms with Crippen LogP contribution in [0.3, 0.4) is 0 Å². The molecular weight excluding hydrogens is 306 g/mol. The number of carboxylic acid groups (broad SMARTS) is 1. The minimum atomic E-state index is -1.16. The average molecular weight is 320 g/mol. The van der Waals surface area contributed by atoms with Crippen molar-refractivity contribution in [3.8, 4) is 5.75 Å². The normalized spacial score (nSPS) is 10.3. The molecular formula is C17H14F2O4. The maximum atomic E-state index is 13.5. The fraction of sp³-hybridized carbons (Fsp3) is 0.176. The van der Waals surface area contributed by atoms with Crippen LogP contribution in [0.25, 0.3) is 0 Å². The Balaban J connectivity index is 1.95. The maximum Gasteiger partial charge on any atom is 0.310 e. The number of benzene rings is 2. The predicted molar refractivity (Wildman–Crippen MR) is 78.1 cm³/mol. The van der Waals surface area contributed by atoms with Crippen LogP contribution in [0.2, 0.25) is 0 Å². The van der Waals surface area contributed by atoms with Crippen molar-refractivity contribution in [3.63, 3.8) is 0 Å². The van der Waals surface area contributed by atoms with Gasteiger partial charge >= 0.3 is 5.97 Å². The van der Waals surface area contributed by atoms with Gasteiger partial charge in [0.2, 0.25) is 0 Å². The second-order valence-corrected chi connectivity index (χ2v) is 4.92. The highest BCUT2D eigenvalue weighted by molar-refractivity contribution is 5.95. The molecule has 0 aliphatic rings. The van der Waals surface area contributed by atoms with Crippen LogP contribution in [0, 0.1) is 11.6 Å². The van der Waals surface area contributed by atoms with Crippen LogP contribution in [0.15, 0.2) is 42.5 Å². The molecule has 23 heavy (non-hydrogen) atoms. The fourth-order valence-electron chi connectivity index (χ4n) is 1.99. The highest BCUT2D eigenvalue weighted by Gasteiger charge is 2.10. The Bertz CT molecular complexity index is 691. The van der Waals surface area contributed by atoms with E-state index >= 15 is 0 Å². The van der Waals surface area contributed by atoms with Crippen LogP contribution in [-0.4, -0.2) is 16.9 Å². The third-order valence-corrected chi connectivity index (χ3v) is 3.12. The summed E-state index contributed by atoms with van der Waals surface area (Å²) in [6.45, 7) is -0.254. The Labute approximate surface area is 131 Å². The number of carbonyl (C=O) groups excluding carboxylic acids is 1. The third-order valence-electron chi connectivity index (χ3n) is 3.12. The lowest BCUT2D eigenvalue weighted by Gasteiger charge is -2.08. The molecule has 0 fully saturated rings. The number of ketones is 1. The van der Waals surface area contributed by atoms with E-state index in [1.807, 2.05) is 0 Å². The monoisotopic (exact) mass is 320 g/mol. The Morgan fingerprint density at radius 3 is 2.17 bits per heavy atom. The number of aliphatic carboxylic acids is 1. The van der Waals surface area contributed by atoms with Crippen molar-refractivity contribution in [2.45, 2.75) is 19.4 Å². The summed E-state index contributed by atoms with van der Waals surface area (Å²) in [5.41, 5.74) is 0.480. The van der Waals surface area contributed by atoms with E-state index in [1.54, 1.807) is 24.3 Å². The molecule has 1 N–H and O–H groups in total. The van der Waals surface area contributed by atoms with Crippen LogP contribution in [0.5, 0.6) is 5.75 Å². The van der Waals surface area contributed by atoms with Gasteiger partial charge in [-0.15, -0.1) is 0 Å². The van der Waals surface area contributed by atoms with E-state index in [0.29, 0.717) is 11.3 Å². The lowest BCUT2D eigenvalue weighted by Crippen LogP contribution is -2.09. The zero-order valence-corrected chi connectivity index (χ0v) is 12.1. The standard InChI is InChI=1S/C17H14F2O4/c18-15-2-1-3-16(19)14(15)10-23-13-6-4-11(5-7-13)8-12(20)9-17(21)22/h1-7H,8-10H2,(H,21,22). The number of halogens is 2. The van der Waals surface area contributed by atoms with Gasteiger partial charge in [0.15, 0.2) is 0 Å². The fourth-order valence-corrected chi connectivity index (χ4v) is 1.99. The summed E-state index contributed by atoms with van der Waals surface area (Å²) < 4.78 is 32.2. The first-order valence-corrected chi connectivity index (χ1v) is 6.84. The number of carboxylic acids is 1. The second kappa shape index (κ2) is 7.49. The maximum absolute atomic E-state index is 13.5. The van der Waals surface area contributed by atoms with Crippen molar-refractivity contribution >= 4 is 11.8 Å². The zero-order valence-electron chi connectivity index (χ0n) is 12.1. The molecule has 6 heteroatoms. The third kappa shape index (κ3) is 4.88. The second-order valence-electron chi connectivity index (χ2n) is 4.92. The largest absolute Gasteiger partial charge is 0.489 e. The molecule has 0 aliphatic heterocycles. The van der Waals surface area contributed by atoms with Crippen molar-refractivity contribution in [1.29, 1.82) is 0 Å². The van der Waals surface area contributed by atoms with Crippen molar-refractivity contribution in [3.05, 3.63) is 65.2 Å². The lowest BCUT2D eigenvalue weighted by atomic mass is 10.1. The van der Waals surface area contributed by atoms with Gasteiger partial charge in [0, 0.05) is 6.42 Å². The molecule has 0 unspecified atom stereocenters. The first kappa shape index (κ1) is 16.6. The van der Waals surface area contributed by atoms with Crippen LogP contribution >= 0.6 is 0 Å². The number of rotatable bonds is 7. The Morgan fingerprint density at radius 2 is 1.61 bits per heavy atom. The molecule has 0 aromatic heterocycles. The zero-order chi connectivity index (χ0) is 16.8. The Kier molecular flexibility index (Phi) is 5.41. The molecule has 0 radical (unpaired) electrons. The number of carbonyl (C=O) groups is 2. The summed E-state index contributed by atoms with van der Waals surface area (Å²) in [4.78, 5) is 21.8. The molecule has 2 aromatic rings. The molecule has 2 aromatic carbocycles. The van der Waals surface area contributed by atoms with Crippen molar-refractivity contribution in [2.75, 3.05) is 0 Å². The molecule has 0 atom stereocenters. The van der Waals surface area contributed by atoms with Gasteiger partial charge in [-0.3, -0.25) is 9.59 Å². The van der Waals surface area contributed by atoms with Crippen LogP contribution in [-0.2, 0) is 22.6 Å². The first-order valence-electron chi connectivity index (χ1n) is 6.84. The summed E-state index contributed by atoms with van der Waals surface area (Å²) in [6, 6.07) is 9.90. The van der Waals surface area contributed by atoms with Crippen molar-refractivity contribution in [1.82, 2.24) is 0 Å². The highest BCUT2D eigenvalue weighted by Crippen LogP contribution is 2.18. The van der Waals surface area contributed by atoms with E-state index in [4.69, 9.17) is 9.84 Å². The highest BCUT2D eigenvalue weighted by atomic mass is 19.1. The quantitative estimate of drug-likeness (QED) is 0.796. The van der Waals surface area contributed by atoms with E-state index < -0.39 is 29.8 Å². The van der Waals surface area contributed by atoms with Gasteiger partial charge in [0.25, 0.3) is 0 Å². The van der Waals surface area contributed by atoms with E-state index in [0.717, 1.165) is 12.1 Å². The molecule has 0 heterocycles. The van der Waals surface area contributed by atoms with E-state index in [2.05, 4.69) is 0 Å². The molecule has 0 saturated heterocycles. The SMILES string of the molecule is O=C(O)CC(=O)Cc1ccc(OCc2c(F)cccc2F)cc1. The summed E-state index contributed by atoms with van der Waals surface area (Å²) >= 11 is 0. The minimum absolute atomic E-state index is 0.00845. The number of ether oxygens (including phenoxy) is 1. The van der Waals surface area contributed by atoms with Crippen LogP contribution < -0.4 is 4.74 Å². The van der Waals surface area contributed by atoms with E-state index in [9.17, 15) is 18.4 Å². The number of Topliss-reactive ketones (excluding diaryl/α,β-unsaturated/α-hetero) is 1. The summed E-state index contributed by atoms with van der Waals surface area (Å²) in [5, 5.41) is 8.53. The Morgan fingerprint density at radius 1 is 1.00 bits per heavy atom. The molecule has 0 spiro atoms. The minimum Gasteiger partial charge on any atom is -0.489 e. The van der Waals surface area contributed by atoms with Gasteiger partial charge in [0.05, 0.1) is 5.56 Å². The molecule has 2 rings (SSSR count). The summed E-state index contributed by atoms with van der Waals surface area (Å²) in [6.07, 6.45) is -0.515. The van der Waals surface area contributed by atoms with Crippen molar-refractivity contribution < 1.29 is 28.2 Å². The summed E-state index contributed by atoms with van der Waals surface area (Å²) in [7, 11) is 0. The van der Waals surface area contributed by atoms with Gasteiger partial charge in [0.1, 0.15) is 36.2 Å². The molecule has 0 saturated carbocycles. The molecule has 0 bridgehead atoms. The van der Waals surface area contributed by atoms with Gasteiger partial charge in [-0.05, 0) is 29.8 Å². The molecule has 120 valence electrons. The average Bonchev–Trinajstić information content (AvgIpc) is 2.47. The number of hydrogen-bond donors (Lipinski definition) is 1. The van der Waals surface area contributed by atoms with Crippen LogP contribution in [0.1, 0.15) is 17.5 Å². The van der Waals surface area contributed by atoms with Gasteiger partial charge in [-0.1, -0.05) is 18.2 Å². The van der Waals surface area contributed by atoms with Gasteiger partial charge in [-0.25, -0.2) is 8.78 Å². The Hall–Kier alpha value is -2.76. The first-order chi connectivity index (χ1) is 11.0. The molecule has 4 nitrogen and oxygen atoms in total. The molecule has 0 aliphatic carbocycles. The lowest BCUT2D eigenvalue weighted by molar-refractivity contribution is -0.140.